The van der Waals surface area contributed by atoms with Crippen LogP contribution in [-0.2, 0) is 0 Å². The zero-order valence-corrected chi connectivity index (χ0v) is 35.9. The lowest BCUT2D eigenvalue weighted by molar-refractivity contribution is 1.28. The Kier molecular flexibility index (Phi) is 10.7. The summed E-state index contributed by atoms with van der Waals surface area (Å²) < 4.78 is 0. The minimum atomic E-state index is 1.08. The van der Waals surface area contributed by atoms with Crippen LogP contribution in [-0.4, -0.2) is 0 Å². The van der Waals surface area contributed by atoms with Gasteiger partial charge in [0.15, 0.2) is 0 Å². The zero-order valence-electron chi connectivity index (χ0n) is 35.9. The van der Waals surface area contributed by atoms with E-state index in [2.05, 4.69) is 278 Å². The van der Waals surface area contributed by atoms with Crippen LogP contribution < -0.4 is 4.90 Å². The number of benzene rings is 11. The summed E-state index contributed by atoms with van der Waals surface area (Å²) in [6, 6.07) is 98.7. The summed E-state index contributed by atoms with van der Waals surface area (Å²) in [6.45, 7) is 0. The fourth-order valence-corrected chi connectivity index (χ4v) is 9.38. The molecule has 11 aromatic rings. The first-order chi connectivity index (χ1) is 32.3. The molecule has 0 aromatic heterocycles. The van der Waals surface area contributed by atoms with Gasteiger partial charge < -0.3 is 4.90 Å². The van der Waals surface area contributed by atoms with Crippen molar-refractivity contribution in [2.75, 3.05) is 4.90 Å². The van der Waals surface area contributed by atoms with Crippen molar-refractivity contribution in [3.8, 4) is 77.9 Å². The van der Waals surface area contributed by atoms with Crippen LogP contribution in [0.4, 0.5) is 17.1 Å². The highest BCUT2D eigenvalue weighted by molar-refractivity contribution is 5.98. The van der Waals surface area contributed by atoms with Gasteiger partial charge in [-0.1, -0.05) is 243 Å². The van der Waals surface area contributed by atoms with E-state index in [4.69, 9.17) is 0 Å². The van der Waals surface area contributed by atoms with E-state index >= 15 is 0 Å². The van der Waals surface area contributed by atoms with E-state index in [9.17, 15) is 0 Å². The van der Waals surface area contributed by atoms with Crippen LogP contribution in [0.25, 0.3) is 88.7 Å². The van der Waals surface area contributed by atoms with Crippen LogP contribution in [0.5, 0.6) is 0 Å². The van der Waals surface area contributed by atoms with Crippen LogP contribution in [0, 0.1) is 0 Å². The van der Waals surface area contributed by atoms with E-state index in [1.54, 1.807) is 0 Å². The van der Waals surface area contributed by atoms with Gasteiger partial charge in [0.1, 0.15) is 0 Å². The second-order valence-electron chi connectivity index (χ2n) is 16.4. The van der Waals surface area contributed by atoms with Gasteiger partial charge in [0.2, 0.25) is 0 Å². The molecule has 0 aliphatic rings. The van der Waals surface area contributed by atoms with Crippen molar-refractivity contribution in [1.82, 2.24) is 0 Å². The lowest BCUT2D eigenvalue weighted by Gasteiger charge is -2.28. The first kappa shape index (κ1) is 39.3. The molecule has 0 aliphatic carbocycles. The van der Waals surface area contributed by atoms with E-state index in [-0.39, 0.29) is 0 Å². The van der Waals surface area contributed by atoms with Crippen molar-refractivity contribution < 1.29 is 0 Å². The van der Waals surface area contributed by atoms with Crippen molar-refractivity contribution in [3.05, 3.63) is 273 Å². The Morgan fingerprint density at radius 1 is 0.185 bits per heavy atom. The summed E-state index contributed by atoms with van der Waals surface area (Å²) in [7, 11) is 0. The average molecular weight is 828 g/mol. The van der Waals surface area contributed by atoms with E-state index in [0.29, 0.717) is 0 Å². The van der Waals surface area contributed by atoms with Gasteiger partial charge in [-0.05, 0) is 113 Å². The molecule has 0 unspecified atom stereocenters. The third-order valence-corrected chi connectivity index (χ3v) is 12.6. The molecule has 11 aromatic carbocycles. The predicted octanol–water partition coefficient (Wildman–Crippen LogP) is 18.0. The van der Waals surface area contributed by atoms with Crippen molar-refractivity contribution in [2.24, 2.45) is 0 Å². The van der Waals surface area contributed by atoms with Gasteiger partial charge in [-0.3, -0.25) is 0 Å². The normalized spacial score (nSPS) is 11.1. The highest BCUT2D eigenvalue weighted by Crippen LogP contribution is 2.44. The maximum atomic E-state index is 2.39. The van der Waals surface area contributed by atoms with E-state index < -0.39 is 0 Å². The molecule has 11 rings (SSSR count). The van der Waals surface area contributed by atoms with Gasteiger partial charge in [0, 0.05) is 16.9 Å². The molecule has 0 atom stereocenters. The highest BCUT2D eigenvalue weighted by atomic mass is 15.1. The smallest absolute Gasteiger partial charge is 0.0540 e. The van der Waals surface area contributed by atoms with Crippen LogP contribution in [0.3, 0.4) is 0 Å². The number of para-hydroxylation sites is 1. The van der Waals surface area contributed by atoms with Gasteiger partial charge in [-0.25, -0.2) is 0 Å². The number of anilines is 3. The fourth-order valence-electron chi connectivity index (χ4n) is 9.38. The lowest BCUT2D eigenvalue weighted by atomic mass is 9.87. The molecule has 0 heterocycles. The van der Waals surface area contributed by atoms with Gasteiger partial charge in [-0.15, -0.1) is 0 Å². The molecular weight excluding hydrogens is 783 g/mol. The predicted molar refractivity (Wildman–Crippen MR) is 277 cm³/mol. The molecule has 0 radical (unpaired) electrons. The molecule has 1 heteroatoms. The first-order valence-corrected chi connectivity index (χ1v) is 22.3. The molecule has 306 valence electrons. The topological polar surface area (TPSA) is 3.24 Å². The van der Waals surface area contributed by atoms with Crippen LogP contribution in [0.2, 0.25) is 0 Å². The molecule has 0 aliphatic heterocycles. The van der Waals surface area contributed by atoms with Gasteiger partial charge in [0.25, 0.3) is 0 Å². The third kappa shape index (κ3) is 7.82. The Bertz CT molecular complexity index is 3380. The zero-order chi connectivity index (χ0) is 43.4. The van der Waals surface area contributed by atoms with Gasteiger partial charge >= 0.3 is 0 Å². The minimum Gasteiger partial charge on any atom is -0.310 e. The van der Waals surface area contributed by atoms with Crippen molar-refractivity contribution in [1.29, 1.82) is 0 Å². The molecule has 0 amide bonds. The minimum absolute atomic E-state index is 1.08. The summed E-state index contributed by atoms with van der Waals surface area (Å²) >= 11 is 0. The summed E-state index contributed by atoms with van der Waals surface area (Å²) in [6.07, 6.45) is 0. The number of nitrogens with zero attached hydrogens (tertiary/aromatic N) is 1. The first-order valence-electron chi connectivity index (χ1n) is 22.3. The van der Waals surface area contributed by atoms with Gasteiger partial charge in [0.05, 0.1) is 5.69 Å². The number of fused-ring (bicyclic) bond motifs is 1. The molecular formula is C64H45N. The largest absolute Gasteiger partial charge is 0.310 e. The SMILES string of the molecule is c1ccc(-c2ccccc2-c2ccccc2-c2ccccc2-c2ccc(N(c3ccc(-c4ccc(-c5cccc6ccccc56)cc4)cc3)c3ccccc3-c3ccccc3)cc2)cc1. The Balaban J connectivity index is 0.963. The quantitative estimate of drug-likeness (QED) is 0.133. The molecule has 1 nitrogen and oxygen atoms in total. The number of hydrogen-bond acceptors (Lipinski definition) is 1. The number of rotatable bonds is 10. The Hall–Kier alpha value is -8.52. The summed E-state index contributed by atoms with van der Waals surface area (Å²) in [4.78, 5) is 2.39. The van der Waals surface area contributed by atoms with Crippen molar-refractivity contribution >= 4 is 27.8 Å². The standard InChI is InChI=1S/C64H45N/c1-3-18-48(19-4-1)57-25-9-11-28-60(57)62-30-13-14-31-63(62)61-29-12-10-26-58(61)52-40-44-54(45-41-52)65(64-33-16-15-27-59(64)50-20-5-2-6-21-50)53-42-38-47(39-43-53)46-34-36-51(37-35-46)56-32-17-23-49-22-7-8-24-55(49)56/h1-45H. The Morgan fingerprint density at radius 3 is 1.06 bits per heavy atom. The molecule has 0 fully saturated rings. The molecule has 0 spiro atoms. The summed E-state index contributed by atoms with van der Waals surface area (Å²) in [5, 5.41) is 2.52. The maximum absolute atomic E-state index is 2.39. The average Bonchev–Trinajstić information content (AvgIpc) is 3.40. The summed E-state index contributed by atoms with van der Waals surface area (Å²) in [5.41, 5.74) is 20.1. The molecule has 0 bridgehead atoms. The molecule has 0 saturated carbocycles. The third-order valence-electron chi connectivity index (χ3n) is 12.6. The van der Waals surface area contributed by atoms with Crippen molar-refractivity contribution in [2.45, 2.75) is 0 Å². The van der Waals surface area contributed by atoms with E-state index in [1.807, 2.05) is 0 Å². The second-order valence-corrected chi connectivity index (χ2v) is 16.4. The van der Waals surface area contributed by atoms with Crippen LogP contribution in [0.15, 0.2) is 273 Å². The fraction of sp³-hybridized carbons (Fsp3) is 0. The summed E-state index contributed by atoms with van der Waals surface area (Å²) in [5.74, 6) is 0. The second kappa shape index (κ2) is 17.7. The van der Waals surface area contributed by atoms with E-state index in [1.165, 1.54) is 83.1 Å². The van der Waals surface area contributed by atoms with E-state index in [0.717, 1.165) is 22.6 Å². The molecule has 65 heavy (non-hydrogen) atoms. The number of hydrogen-bond donors (Lipinski definition) is 0. The van der Waals surface area contributed by atoms with Gasteiger partial charge in [-0.2, -0.15) is 0 Å². The Morgan fingerprint density at radius 2 is 0.508 bits per heavy atom. The van der Waals surface area contributed by atoms with Crippen LogP contribution >= 0.6 is 0 Å². The lowest BCUT2D eigenvalue weighted by Crippen LogP contribution is -2.11. The maximum Gasteiger partial charge on any atom is 0.0540 e. The Labute approximate surface area is 381 Å². The molecule has 0 saturated heterocycles. The van der Waals surface area contributed by atoms with Crippen molar-refractivity contribution in [3.63, 3.8) is 0 Å². The van der Waals surface area contributed by atoms with Crippen LogP contribution in [0.1, 0.15) is 0 Å². The highest BCUT2D eigenvalue weighted by Gasteiger charge is 2.19. The monoisotopic (exact) mass is 827 g/mol. The molecule has 0 N–H and O–H groups in total.